The van der Waals surface area contributed by atoms with E-state index in [1.165, 1.54) is 0 Å². The summed E-state index contributed by atoms with van der Waals surface area (Å²) in [5.74, 6) is 0.306. The van der Waals surface area contributed by atoms with E-state index in [0.717, 1.165) is 45.3 Å². The molecule has 3 N–H and O–H groups in total. The summed E-state index contributed by atoms with van der Waals surface area (Å²) in [5.41, 5.74) is 0.901. The SMILES string of the molecule is CCOC(=O)C1CCCN1c1ccc2c(C(=O)NC3CCNCC3)[nH]nc2n1. The van der Waals surface area contributed by atoms with Crippen LogP contribution < -0.4 is 15.5 Å². The number of carbonyl (C=O) groups is 2. The number of pyridine rings is 1. The molecule has 0 saturated carbocycles. The first-order valence-corrected chi connectivity index (χ1v) is 9.97. The molecule has 28 heavy (non-hydrogen) atoms. The normalized spacial score (nSPS) is 20.5. The van der Waals surface area contributed by atoms with Gasteiger partial charge in [0.25, 0.3) is 5.91 Å². The molecule has 2 aromatic heterocycles. The number of H-pyrrole nitrogens is 1. The van der Waals surface area contributed by atoms with Gasteiger partial charge in [-0.25, -0.2) is 9.78 Å². The molecule has 0 radical (unpaired) electrons. The minimum absolute atomic E-state index is 0.158. The lowest BCUT2D eigenvalue weighted by molar-refractivity contribution is -0.144. The van der Waals surface area contributed by atoms with Gasteiger partial charge < -0.3 is 20.3 Å². The molecule has 2 saturated heterocycles. The van der Waals surface area contributed by atoms with Crippen LogP contribution in [-0.4, -0.2) is 65.4 Å². The topological polar surface area (TPSA) is 112 Å². The fraction of sp³-hybridized carbons (Fsp3) is 0.579. The van der Waals surface area contributed by atoms with E-state index in [2.05, 4.69) is 25.8 Å². The molecule has 0 aliphatic carbocycles. The maximum Gasteiger partial charge on any atom is 0.328 e. The number of hydrogen-bond donors (Lipinski definition) is 3. The summed E-state index contributed by atoms with van der Waals surface area (Å²) in [5, 5.41) is 14.1. The van der Waals surface area contributed by atoms with Crippen LogP contribution >= 0.6 is 0 Å². The Morgan fingerprint density at radius 3 is 2.89 bits per heavy atom. The van der Waals surface area contributed by atoms with Crippen molar-refractivity contribution in [2.45, 2.75) is 44.7 Å². The Labute approximate surface area is 163 Å². The zero-order valence-electron chi connectivity index (χ0n) is 16.0. The Morgan fingerprint density at radius 2 is 2.11 bits per heavy atom. The number of nitrogens with one attached hydrogen (secondary N) is 3. The third-order valence-corrected chi connectivity index (χ3v) is 5.41. The van der Waals surface area contributed by atoms with Crippen molar-refractivity contribution in [2.75, 3.05) is 31.1 Å². The van der Waals surface area contributed by atoms with Gasteiger partial charge in [-0.15, -0.1) is 0 Å². The quantitative estimate of drug-likeness (QED) is 0.657. The Morgan fingerprint density at radius 1 is 1.29 bits per heavy atom. The van der Waals surface area contributed by atoms with Gasteiger partial charge in [0.05, 0.1) is 12.0 Å². The van der Waals surface area contributed by atoms with Gasteiger partial charge >= 0.3 is 5.97 Å². The highest BCUT2D eigenvalue weighted by atomic mass is 16.5. The minimum Gasteiger partial charge on any atom is -0.464 e. The first kappa shape index (κ1) is 18.7. The Kier molecular flexibility index (Phi) is 5.43. The molecule has 2 aliphatic rings. The third kappa shape index (κ3) is 3.66. The molecular formula is C19H26N6O3. The number of piperidine rings is 1. The molecule has 2 fully saturated rings. The molecule has 9 heteroatoms. The second-order valence-electron chi connectivity index (χ2n) is 7.24. The summed E-state index contributed by atoms with van der Waals surface area (Å²) in [4.78, 5) is 31.4. The molecule has 4 heterocycles. The van der Waals surface area contributed by atoms with Crippen LogP contribution in [0.2, 0.25) is 0 Å². The number of aromatic nitrogens is 3. The number of aromatic amines is 1. The van der Waals surface area contributed by atoms with Gasteiger partial charge in [0.1, 0.15) is 17.6 Å². The lowest BCUT2D eigenvalue weighted by Crippen LogP contribution is -2.42. The van der Waals surface area contributed by atoms with Crippen molar-refractivity contribution >= 4 is 28.7 Å². The van der Waals surface area contributed by atoms with E-state index in [1.807, 2.05) is 24.0 Å². The summed E-state index contributed by atoms with van der Waals surface area (Å²) in [6.45, 7) is 4.75. The summed E-state index contributed by atoms with van der Waals surface area (Å²) in [6, 6.07) is 3.55. The van der Waals surface area contributed by atoms with E-state index in [9.17, 15) is 9.59 Å². The van der Waals surface area contributed by atoms with E-state index in [-0.39, 0.29) is 24.0 Å². The molecule has 4 rings (SSSR count). The summed E-state index contributed by atoms with van der Waals surface area (Å²) < 4.78 is 5.19. The first-order chi connectivity index (χ1) is 13.7. The summed E-state index contributed by atoms with van der Waals surface area (Å²) in [7, 11) is 0. The third-order valence-electron chi connectivity index (χ3n) is 5.41. The van der Waals surface area contributed by atoms with E-state index in [1.54, 1.807) is 0 Å². The maximum absolute atomic E-state index is 12.6. The van der Waals surface area contributed by atoms with Crippen LogP contribution in [0.1, 0.15) is 43.1 Å². The molecule has 150 valence electrons. The van der Waals surface area contributed by atoms with Crippen molar-refractivity contribution < 1.29 is 14.3 Å². The highest BCUT2D eigenvalue weighted by Crippen LogP contribution is 2.27. The lowest BCUT2D eigenvalue weighted by atomic mass is 10.1. The number of esters is 1. The van der Waals surface area contributed by atoms with E-state index in [4.69, 9.17) is 4.74 Å². The zero-order chi connectivity index (χ0) is 19.5. The molecule has 1 unspecified atom stereocenters. The number of carbonyl (C=O) groups excluding carboxylic acids is 2. The van der Waals surface area contributed by atoms with Gasteiger partial charge in [0, 0.05) is 12.6 Å². The Balaban J connectivity index is 1.52. The van der Waals surface area contributed by atoms with Gasteiger partial charge in [-0.2, -0.15) is 5.10 Å². The number of nitrogens with zero attached hydrogens (tertiary/aromatic N) is 3. The molecule has 0 bridgehead atoms. The van der Waals surface area contributed by atoms with Crippen molar-refractivity contribution in [3.05, 3.63) is 17.8 Å². The summed E-state index contributed by atoms with van der Waals surface area (Å²) in [6.07, 6.45) is 3.51. The number of hydrogen-bond acceptors (Lipinski definition) is 7. The molecule has 1 atom stereocenters. The van der Waals surface area contributed by atoms with Crippen molar-refractivity contribution in [1.82, 2.24) is 25.8 Å². The van der Waals surface area contributed by atoms with Crippen LogP contribution in [0, 0.1) is 0 Å². The van der Waals surface area contributed by atoms with Crippen LogP contribution in [-0.2, 0) is 9.53 Å². The van der Waals surface area contributed by atoms with Crippen LogP contribution in [0.4, 0.5) is 5.82 Å². The average Bonchev–Trinajstić information content (AvgIpc) is 3.35. The van der Waals surface area contributed by atoms with Crippen LogP contribution in [0.25, 0.3) is 11.0 Å². The fourth-order valence-electron chi connectivity index (χ4n) is 3.97. The highest BCUT2D eigenvalue weighted by molar-refractivity contribution is 6.04. The lowest BCUT2D eigenvalue weighted by Gasteiger charge is -2.24. The van der Waals surface area contributed by atoms with Crippen LogP contribution in [0.15, 0.2) is 12.1 Å². The Bertz CT molecular complexity index is 860. The number of ether oxygens (including phenoxy) is 1. The van der Waals surface area contributed by atoms with E-state index in [0.29, 0.717) is 29.2 Å². The second-order valence-corrected chi connectivity index (χ2v) is 7.24. The van der Waals surface area contributed by atoms with Gasteiger partial charge in [-0.3, -0.25) is 9.89 Å². The average molecular weight is 386 g/mol. The van der Waals surface area contributed by atoms with Crippen LogP contribution in [0.5, 0.6) is 0 Å². The predicted octanol–water partition coefficient (Wildman–Crippen LogP) is 0.972. The molecule has 1 amide bonds. The van der Waals surface area contributed by atoms with E-state index < -0.39 is 0 Å². The van der Waals surface area contributed by atoms with Gasteiger partial charge in [-0.1, -0.05) is 0 Å². The van der Waals surface area contributed by atoms with Gasteiger partial charge in [0.15, 0.2) is 5.65 Å². The maximum atomic E-state index is 12.6. The van der Waals surface area contributed by atoms with Crippen LogP contribution in [0.3, 0.4) is 0 Å². The Hall–Kier alpha value is -2.68. The molecule has 2 aromatic rings. The first-order valence-electron chi connectivity index (χ1n) is 9.97. The fourth-order valence-corrected chi connectivity index (χ4v) is 3.97. The highest BCUT2D eigenvalue weighted by Gasteiger charge is 2.33. The minimum atomic E-state index is -0.313. The van der Waals surface area contributed by atoms with Crippen molar-refractivity contribution in [3.63, 3.8) is 0 Å². The summed E-state index contributed by atoms with van der Waals surface area (Å²) >= 11 is 0. The molecule has 0 spiro atoms. The smallest absolute Gasteiger partial charge is 0.328 e. The predicted molar refractivity (Wildman–Crippen MR) is 104 cm³/mol. The molecule has 0 aromatic carbocycles. The van der Waals surface area contributed by atoms with Crippen molar-refractivity contribution in [2.24, 2.45) is 0 Å². The molecule has 2 aliphatic heterocycles. The van der Waals surface area contributed by atoms with Crippen molar-refractivity contribution in [3.8, 4) is 0 Å². The molecule has 9 nitrogen and oxygen atoms in total. The standard InChI is InChI=1S/C19H26N6O3/c1-2-28-19(27)14-4-3-11-25(14)15-6-5-13-16(23-24-17(13)22-15)18(26)21-12-7-9-20-10-8-12/h5-6,12,14,20H,2-4,7-11H2,1H3,(H,21,26)(H,22,23,24). The van der Waals surface area contributed by atoms with E-state index >= 15 is 0 Å². The number of anilines is 1. The number of rotatable bonds is 5. The number of fused-ring (bicyclic) bond motifs is 1. The van der Waals surface area contributed by atoms with Crippen molar-refractivity contribution in [1.29, 1.82) is 0 Å². The largest absolute Gasteiger partial charge is 0.464 e. The van der Waals surface area contributed by atoms with Gasteiger partial charge in [0.2, 0.25) is 0 Å². The second kappa shape index (κ2) is 8.14. The van der Waals surface area contributed by atoms with Gasteiger partial charge in [-0.05, 0) is 57.8 Å². The number of amides is 1. The molecular weight excluding hydrogens is 360 g/mol. The monoisotopic (exact) mass is 386 g/mol. The zero-order valence-corrected chi connectivity index (χ0v) is 16.0.